The van der Waals surface area contributed by atoms with Crippen LogP contribution in [0.4, 0.5) is 0 Å². The highest BCUT2D eigenvalue weighted by Gasteiger charge is 2.28. The number of hydrogen-bond acceptors (Lipinski definition) is 3. The maximum Gasteiger partial charge on any atom is 0.102 e. The molecule has 14 heavy (non-hydrogen) atoms. The number of nitrogens with one attached hydrogen (secondary N) is 1. The summed E-state index contributed by atoms with van der Waals surface area (Å²) >= 11 is 0. The van der Waals surface area contributed by atoms with Crippen LogP contribution < -0.4 is 5.32 Å². The zero-order chi connectivity index (χ0) is 10.2. The Bertz CT molecular complexity index is 315. The van der Waals surface area contributed by atoms with E-state index in [4.69, 9.17) is 0 Å². The molecule has 1 fully saturated rings. The Morgan fingerprint density at radius 2 is 2.43 bits per heavy atom. The highest BCUT2D eigenvalue weighted by Crippen LogP contribution is 2.23. The van der Waals surface area contributed by atoms with Crippen LogP contribution in [-0.4, -0.2) is 27.5 Å². The zero-order valence-electron chi connectivity index (χ0n) is 8.70. The van der Waals surface area contributed by atoms with Gasteiger partial charge in [-0.05, 0) is 19.8 Å². The number of rotatable bonds is 4. The lowest BCUT2D eigenvalue weighted by Crippen LogP contribution is -2.36. The van der Waals surface area contributed by atoms with E-state index < -0.39 is 5.60 Å². The molecule has 1 unspecified atom stereocenters. The quantitative estimate of drug-likeness (QED) is 0.730. The zero-order valence-corrected chi connectivity index (χ0v) is 8.70. The molecule has 0 amide bonds. The van der Waals surface area contributed by atoms with E-state index in [0.717, 1.165) is 5.56 Å². The van der Waals surface area contributed by atoms with Gasteiger partial charge in [0.05, 0.1) is 6.20 Å². The lowest BCUT2D eigenvalue weighted by atomic mass is 10.00. The van der Waals surface area contributed by atoms with E-state index in [1.165, 1.54) is 12.8 Å². The number of aryl methyl sites for hydroxylation is 1. The fraction of sp³-hybridized carbons (Fsp3) is 0.700. The predicted octanol–water partition coefficient (Wildman–Crippen LogP) is 0.380. The van der Waals surface area contributed by atoms with Crippen LogP contribution in [0.1, 0.15) is 25.3 Å². The molecule has 1 aromatic heterocycles. The van der Waals surface area contributed by atoms with Crippen molar-refractivity contribution in [3.05, 3.63) is 18.0 Å². The summed E-state index contributed by atoms with van der Waals surface area (Å²) in [6.07, 6.45) is 6.05. The second-order valence-corrected chi connectivity index (χ2v) is 4.33. The summed E-state index contributed by atoms with van der Waals surface area (Å²) in [6, 6.07) is 0.623. The van der Waals surface area contributed by atoms with Gasteiger partial charge in [-0.2, -0.15) is 5.10 Å². The third-order valence-electron chi connectivity index (χ3n) is 2.64. The normalized spacial score (nSPS) is 20.8. The van der Waals surface area contributed by atoms with Gasteiger partial charge in [-0.25, -0.2) is 0 Å². The van der Waals surface area contributed by atoms with Crippen molar-refractivity contribution in [2.75, 3.05) is 6.54 Å². The van der Waals surface area contributed by atoms with Crippen LogP contribution in [0.15, 0.2) is 12.4 Å². The van der Waals surface area contributed by atoms with Gasteiger partial charge in [0.1, 0.15) is 5.60 Å². The highest BCUT2D eigenvalue weighted by atomic mass is 16.3. The smallest absolute Gasteiger partial charge is 0.102 e. The van der Waals surface area contributed by atoms with E-state index in [1.54, 1.807) is 10.9 Å². The van der Waals surface area contributed by atoms with Gasteiger partial charge >= 0.3 is 0 Å². The molecule has 1 aliphatic carbocycles. The molecule has 2 rings (SSSR count). The maximum atomic E-state index is 10.2. The molecule has 1 heterocycles. The fourth-order valence-corrected chi connectivity index (χ4v) is 1.43. The van der Waals surface area contributed by atoms with Gasteiger partial charge in [0.25, 0.3) is 0 Å². The molecule has 1 atom stereocenters. The van der Waals surface area contributed by atoms with E-state index in [0.29, 0.717) is 12.6 Å². The fourth-order valence-electron chi connectivity index (χ4n) is 1.43. The molecule has 0 radical (unpaired) electrons. The van der Waals surface area contributed by atoms with Crippen LogP contribution in [0.5, 0.6) is 0 Å². The molecule has 0 aromatic carbocycles. The molecule has 0 spiro atoms. The predicted molar refractivity (Wildman–Crippen MR) is 53.8 cm³/mol. The van der Waals surface area contributed by atoms with Gasteiger partial charge in [0.15, 0.2) is 0 Å². The van der Waals surface area contributed by atoms with Crippen molar-refractivity contribution in [3.63, 3.8) is 0 Å². The van der Waals surface area contributed by atoms with E-state index in [9.17, 15) is 5.11 Å². The molecule has 0 aliphatic heterocycles. The van der Waals surface area contributed by atoms with Gasteiger partial charge in [-0.1, -0.05) is 0 Å². The van der Waals surface area contributed by atoms with Crippen molar-refractivity contribution in [3.8, 4) is 0 Å². The van der Waals surface area contributed by atoms with Crippen molar-refractivity contribution in [1.29, 1.82) is 0 Å². The minimum Gasteiger partial charge on any atom is -0.384 e. The molecule has 2 N–H and O–H groups in total. The molecule has 0 bridgehead atoms. The van der Waals surface area contributed by atoms with E-state index in [1.807, 2.05) is 20.2 Å². The lowest BCUT2D eigenvalue weighted by molar-refractivity contribution is 0.0565. The highest BCUT2D eigenvalue weighted by molar-refractivity contribution is 5.14. The van der Waals surface area contributed by atoms with Gasteiger partial charge in [-0.3, -0.25) is 4.68 Å². The molecular weight excluding hydrogens is 178 g/mol. The van der Waals surface area contributed by atoms with Crippen LogP contribution in [0, 0.1) is 0 Å². The third kappa shape index (κ3) is 2.13. The van der Waals surface area contributed by atoms with Crippen molar-refractivity contribution in [2.24, 2.45) is 7.05 Å². The molecule has 1 aliphatic rings. The first-order valence-corrected chi connectivity index (χ1v) is 5.03. The van der Waals surface area contributed by atoms with E-state index >= 15 is 0 Å². The Labute approximate surface area is 83.9 Å². The summed E-state index contributed by atoms with van der Waals surface area (Å²) in [6.45, 7) is 2.42. The first-order chi connectivity index (χ1) is 6.58. The summed E-state index contributed by atoms with van der Waals surface area (Å²) in [7, 11) is 1.86. The molecular formula is C10H17N3O. The molecule has 4 heteroatoms. The van der Waals surface area contributed by atoms with Gasteiger partial charge in [0.2, 0.25) is 0 Å². The Balaban J connectivity index is 1.98. The monoisotopic (exact) mass is 195 g/mol. The van der Waals surface area contributed by atoms with Crippen molar-refractivity contribution in [1.82, 2.24) is 15.1 Å². The second kappa shape index (κ2) is 3.37. The largest absolute Gasteiger partial charge is 0.384 e. The number of aromatic nitrogens is 2. The first kappa shape index (κ1) is 9.68. The van der Waals surface area contributed by atoms with Crippen LogP contribution in [0.25, 0.3) is 0 Å². The molecule has 1 aromatic rings. The topological polar surface area (TPSA) is 50.1 Å². The van der Waals surface area contributed by atoms with Crippen molar-refractivity contribution in [2.45, 2.75) is 31.4 Å². The first-order valence-electron chi connectivity index (χ1n) is 5.03. The average Bonchev–Trinajstić information content (AvgIpc) is 2.85. The van der Waals surface area contributed by atoms with Crippen molar-refractivity contribution < 1.29 is 5.11 Å². The Morgan fingerprint density at radius 3 is 2.93 bits per heavy atom. The summed E-state index contributed by atoms with van der Waals surface area (Å²) in [4.78, 5) is 0. The Kier molecular flexibility index (Phi) is 2.33. The molecule has 0 saturated heterocycles. The summed E-state index contributed by atoms with van der Waals surface area (Å²) in [5.74, 6) is 0. The number of nitrogens with zero attached hydrogens (tertiary/aromatic N) is 2. The average molecular weight is 195 g/mol. The lowest BCUT2D eigenvalue weighted by Gasteiger charge is -2.22. The van der Waals surface area contributed by atoms with Gasteiger partial charge in [0, 0.05) is 31.4 Å². The van der Waals surface area contributed by atoms with Crippen LogP contribution in [-0.2, 0) is 12.6 Å². The van der Waals surface area contributed by atoms with Gasteiger partial charge in [-0.15, -0.1) is 0 Å². The van der Waals surface area contributed by atoms with Crippen LogP contribution >= 0.6 is 0 Å². The van der Waals surface area contributed by atoms with E-state index in [-0.39, 0.29) is 0 Å². The minimum atomic E-state index is -0.809. The van der Waals surface area contributed by atoms with E-state index in [2.05, 4.69) is 10.4 Å². The Hall–Kier alpha value is -0.870. The SMILES string of the molecule is Cn1cc(C(C)(O)CNC2CC2)cn1. The second-order valence-electron chi connectivity index (χ2n) is 4.33. The van der Waals surface area contributed by atoms with Gasteiger partial charge < -0.3 is 10.4 Å². The maximum absolute atomic E-state index is 10.2. The third-order valence-corrected chi connectivity index (χ3v) is 2.64. The number of aliphatic hydroxyl groups is 1. The molecule has 1 saturated carbocycles. The molecule has 78 valence electrons. The van der Waals surface area contributed by atoms with Crippen LogP contribution in [0.3, 0.4) is 0 Å². The summed E-state index contributed by atoms with van der Waals surface area (Å²) < 4.78 is 1.71. The van der Waals surface area contributed by atoms with Crippen molar-refractivity contribution >= 4 is 0 Å². The standard InChI is InChI=1S/C10H17N3O/c1-10(14,7-11-9-3-4-9)8-5-12-13(2)6-8/h5-6,9,11,14H,3-4,7H2,1-2H3. The summed E-state index contributed by atoms with van der Waals surface area (Å²) in [5, 5.41) is 17.5. The Morgan fingerprint density at radius 1 is 1.71 bits per heavy atom. The molecule has 4 nitrogen and oxygen atoms in total. The van der Waals surface area contributed by atoms with Crippen LogP contribution in [0.2, 0.25) is 0 Å². The summed E-state index contributed by atoms with van der Waals surface area (Å²) in [5.41, 5.74) is 0.0600. The number of hydrogen-bond donors (Lipinski definition) is 2. The minimum absolute atomic E-state index is 0.601.